The first kappa shape index (κ1) is 45.0. The maximum absolute atomic E-state index is 14.8. The zero-order chi connectivity index (χ0) is 44.3. The monoisotopic (exact) mass is 1020 g/mol. The Balaban J connectivity index is 0.00000576. The van der Waals surface area contributed by atoms with Gasteiger partial charge in [0.1, 0.15) is 48.5 Å². The summed E-state index contributed by atoms with van der Waals surface area (Å²) in [7, 11) is 2.91. The predicted molar refractivity (Wildman–Crippen MR) is 242 cm³/mol. The van der Waals surface area contributed by atoms with Crippen molar-refractivity contribution in [2.45, 2.75) is 35.5 Å². The minimum Gasteiger partial charge on any atom is -1.00 e. The van der Waals surface area contributed by atoms with E-state index >= 15 is 0 Å². The van der Waals surface area contributed by atoms with E-state index in [0.717, 1.165) is 22.9 Å². The van der Waals surface area contributed by atoms with Crippen molar-refractivity contribution in [3.05, 3.63) is 185 Å². The number of nitrogen functional groups attached to an aromatic ring is 1. The van der Waals surface area contributed by atoms with Crippen molar-refractivity contribution in [3.8, 4) is 5.75 Å². The predicted octanol–water partition coefficient (Wildman–Crippen LogP) is 1.77. The molecular weight excluding hydrogens is 980 g/mol. The van der Waals surface area contributed by atoms with Crippen molar-refractivity contribution >= 4 is 59.2 Å². The Morgan fingerprint density at radius 3 is 2.20 bits per heavy atom. The zero-order valence-corrected chi connectivity index (χ0v) is 38.8. The van der Waals surface area contributed by atoms with Gasteiger partial charge in [-0.25, -0.2) is 9.36 Å². The number of hydrazine groups is 1. The number of hydrogen-bond donors (Lipinski definition) is 4. The number of carbonyl (C=O) groups is 3. The van der Waals surface area contributed by atoms with Crippen molar-refractivity contribution in [3.63, 3.8) is 0 Å². The largest absolute Gasteiger partial charge is 1.00 e. The molecular formula is C46H43IN10O6S2. The molecule has 19 heteroatoms. The normalized spacial score (nSPS) is 18.1. The molecule has 2 atom stereocenters. The standard InChI is InChI=1S/C46H42N10O6S2.HI/c1-60-35-20-18-31(19-21-35)30-62-44(59)43-36(28-53-25-23-37(47)56-40(53)22-24-48-56)46(50-38(57)27-49-61-2,63-42-26-41(58)55(42)43)54-29-39(64-52-54)51-45(32-12-6-3-7-13-32,33-14-8-4-9-15-33)34-16-10-5-11-17-34;/h3-25,27,29,42,47,51-52H,26,28,30H2,1-2H3,(H,50,57);1H/t42-,46?;/m0./s1. The molecule has 0 aliphatic carbocycles. The van der Waals surface area contributed by atoms with Crippen LogP contribution >= 0.6 is 23.7 Å². The second kappa shape index (κ2) is 19.3. The Hall–Kier alpha value is -6.55. The van der Waals surface area contributed by atoms with Gasteiger partial charge >= 0.3 is 11.6 Å². The molecule has 0 radical (unpaired) electrons. The number of esters is 1. The Labute approximate surface area is 400 Å². The van der Waals surface area contributed by atoms with E-state index in [1.807, 2.05) is 65.4 Å². The average molecular weight is 1020 g/mol. The fraction of sp³-hybridized carbons (Fsp3) is 0.174. The van der Waals surface area contributed by atoms with Crippen molar-refractivity contribution in [1.29, 1.82) is 0 Å². The van der Waals surface area contributed by atoms with Crippen molar-refractivity contribution in [2.75, 3.05) is 20.0 Å². The van der Waals surface area contributed by atoms with Crippen LogP contribution < -0.4 is 54.5 Å². The summed E-state index contributed by atoms with van der Waals surface area (Å²) in [5.41, 5.74) is 9.95. The van der Waals surface area contributed by atoms with Gasteiger partial charge < -0.3 is 54.7 Å². The van der Waals surface area contributed by atoms with Gasteiger partial charge in [-0.15, -0.1) is 0 Å². The maximum Gasteiger partial charge on any atom is 0.355 e. The van der Waals surface area contributed by atoms with Crippen LogP contribution in [0.15, 0.2) is 167 Å². The van der Waals surface area contributed by atoms with Gasteiger partial charge in [0.15, 0.2) is 0 Å². The molecule has 6 aromatic rings. The van der Waals surface area contributed by atoms with Gasteiger partial charge in [-0.3, -0.25) is 19.5 Å². The quantitative estimate of drug-likeness (QED) is 0.0171. The summed E-state index contributed by atoms with van der Waals surface area (Å²) in [5.74, 6) is -0.647. The lowest BCUT2D eigenvalue weighted by atomic mass is 9.77. The van der Waals surface area contributed by atoms with Gasteiger partial charge in [0.2, 0.25) is 16.7 Å². The zero-order valence-electron chi connectivity index (χ0n) is 35.0. The van der Waals surface area contributed by atoms with E-state index in [2.05, 4.69) is 62.1 Å². The highest BCUT2D eigenvalue weighted by molar-refractivity contribution is 8.02. The summed E-state index contributed by atoms with van der Waals surface area (Å²) >= 11 is 2.58. The van der Waals surface area contributed by atoms with Gasteiger partial charge in [0.05, 0.1) is 49.1 Å². The number of benzene rings is 4. The number of amides is 2. The molecule has 5 N–H and O–H groups in total. The average Bonchev–Trinajstić information content (AvgIpc) is 4.03. The number of nitrogens with two attached hydrogens (primary N) is 1. The number of thioether (sulfide) groups is 1. The van der Waals surface area contributed by atoms with E-state index in [1.165, 1.54) is 35.7 Å². The number of nitrogens with one attached hydrogen (secondary N) is 3. The number of halogens is 1. The van der Waals surface area contributed by atoms with Crippen LogP contribution in [-0.4, -0.2) is 68.1 Å². The number of anilines is 1. The van der Waals surface area contributed by atoms with E-state index in [-0.39, 0.29) is 55.2 Å². The lowest BCUT2D eigenvalue weighted by Gasteiger charge is -2.53. The second-order valence-corrected chi connectivity index (χ2v) is 17.0. The summed E-state index contributed by atoms with van der Waals surface area (Å²) in [5, 5.41) is 17.1. The molecule has 1 fully saturated rings. The number of ether oxygens (including phenoxy) is 2. The van der Waals surface area contributed by atoms with Gasteiger partial charge in [0, 0.05) is 6.07 Å². The van der Waals surface area contributed by atoms with Crippen LogP contribution in [-0.2, 0) is 42.6 Å². The van der Waals surface area contributed by atoms with E-state index < -0.39 is 27.8 Å². The van der Waals surface area contributed by atoms with Gasteiger partial charge in [-0.1, -0.05) is 130 Å². The fourth-order valence-corrected chi connectivity index (χ4v) is 10.5. The third kappa shape index (κ3) is 8.58. The summed E-state index contributed by atoms with van der Waals surface area (Å²) in [6.45, 7) is -0.150. The Morgan fingerprint density at radius 1 is 0.954 bits per heavy atom. The molecule has 1 saturated heterocycles. The lowest BCUT2D eigenvalue weighted by Crippen LogP contribution is -3.00. The number of aromatic nitrogens is 3. The van der Waals surface area contributed by atoms with Crippen LogP contribution in [0.3, 0.4) is 0 Å². The Kier molecular flexibility index (Phi) is 13.4. The molecule has 0 bridgehead atoms. The first-order chi connectivity index (χ1) is 31.2. The molecule has 5 heterocycles. The first-order valence-electron chi connectivity index (χ1n) is 20.2. The molecule has 1 unspecified atom stereocenters. The van der Waals surface area contributed by atoms with Crippen molar-refractivity contribution < 1.29 is 57.2 Å². The Morgan fingerprint density at radius 2 is 1.60 bits per heavy atom. The minimum atomic E-state index is -1.62. The first-order valence-corrected chi connectivity index (χ1v) is 21.9. The molecule has 332 valence electrons. The van der Waals surface area contributed by atoms with E-state index in [4.69, 9.17) is 20.0 Å². The molecule has 2 amide bonds. The van der Waals surface area contributed by atoms with Crippen LogP contribution in [0.2, 0.25) is 0 Å². The summed E-state index contributed by atoms with van der Waals surface area (Å²) in [6.07, 6.45) is 6.33. The van der Waals surface area contributed by atoms with Gasteiger partial charge in [0.25, 0.3) is 5.91 Å². The van der Waals surface area contributed by atoms with Crippen LogP contribution in [0.4, 0.5) is 5.82 Å². The topological polar surface area (TPSA) is 181 Å². The number of nitrogens with zero attached hydrogens (tertiary/aromatic N) is 6. The van der Waals surface area contributed by atoms with Crippen LogP contribution in [0.25, 0.3) is 5.65 Å². The highest BCUT2D eigenvalue weighted by Crippen LogP contribution is 2.52. The molecule has 0 spiro atoms. The van der Waals surface area contributed by atoms with Crippen molar-refractivity contribution in [2.24, 2.45) is 5.16 Å². The van der Waals surface area contributed by atoms with Crippen molar-refractivity contribution in [1.82, 2.24) is 35.0 Å². The highest BCUT2D eigenvalue weighted by atomic mass is 127. The summed E-state index contributed by atoms with van der Waals surface area (Å²) < 4.78 is 14.8. The van der Waals surface area contributed by atoms with Crippen LogP contribution in [0.1, 0.15) is 28.7 Å². The minimum absolute atomic E-state index is 0. The SMILES string of the molecule is CON=CC(=O)NC1(N2C=C(NC(c3ccccc3)(c3ccccc3)c3ccccc3)SN2)S[C@H]2CC(=O)N2C(C(=O)OCc2ccc(OC)cc2)=C1C[n+]1ccc(N)n2nccc21.[I-]. The second-order valence-electron chi connectivity index (χ2n) is 14.8. The molecule has 16 nitrogen and oxygen atoms in total. The van der Waals surface area contributed by atoms with Crippen LogP contribution in [0.5, 0.6) is 5.75 Å². The molecule has 4 aromatic carbocycles. The smallest absolute Gasteiger partial charge is 0.355 e. The van der Waals surface area contributed by atoms with Gasteiger partial charge in [-0.2, -0.15) is 4.83 Å². The summed E-state index contributed by atoms with van der Waals surface area (Å²) in [4.78, 5) is 50.8. The number of carbonyl (C=O) groups excluding carboxylic acids is 3. The third-order valence-electron chi connectivity index (χ3n) is 11.1. The number of methoxy groups -OCH3 is 1. The molecule has 65 heavy (non-hydrogen) atoms. The molecule has 3 aliphatic heterocycles. The number of hydrogen-bond acceptors (Lipinski definition) is 14. The van der Waals surface area contributed by atoms with Gasteiger partial charge in [-0.05, 0) is 46.3 Å². The molecule has 3 aliphatic rings. The van der Waals surface area contributed by atoms with E-state index in [9.17, 15) is 14.4 Å². The van der Waals surface area contributed by atoms with Crippen LogP contribution in [0, 0.1) is 0 Å². The lowest BCUT2D eigenvalue weighted by molar-refractivity contribution is -0.667. The molecule has 2 aromatic heterocycles. The highest BCUT2D eigenvalue weighted by Gasteiger charge is 2.59. The Bertz CT molecular complexity index is 2700. The third-order valence-corrected chi connectivity index (χ3v) is 13.4. The van der Waals surface area contributed by atoms with E-state index in [1.54, 1.807) is 65.4 Å². The number of rotatable bonds is 15. The number of oxime groups is 1. The summed E-state index contributed by atoms with van der Waals surface area (Å²) in [6, 6.07) is 41.1. The number of fused-ring (bicyclic) bond motifs is 2. The molecule has 9 rings (SSSR count). The van der Waals surface area contributed by atoms with E-state index in [0.29, 0.717) is 33.4 Å². The maximum atomic E-state index is 14.8. The molecule has 0 saturated carbocycles. The number of β-lactam (4-membered cyclic amide) rings is 1. The fourth-order valence-electron chi connectivity index (χ4n) is 8.11.